The van der Waals surface area contributed by atoms with Crippen molar-refractivity contribution in [1.82, 2.24) is 0 Å². The van der Waals surface area contributed by atoms with Gasteiger partial charge in [-0.3, -0.25) is 0 Å². The first-order valence-corrected chi connectivity index (χ1v) is 6.01. The van der Waals surface area contributed by atoms with Gasteiger partial charge in [-0.15, -0.1) is 0 Å². The highest BCUT2D eigenvalue weighted by Crippen LogP contribution is 2.37. The van der Waals surface area contributed by atoms with E-state index in [-0.39, 0.29) is 0 Å². The summed E-state index contributed by atoms with van der Waals surface area (Å²) in [5.41, 5.74) is 1.75. The predicted octanol–water partition coefficient (Wildman–Crippen LogP) is 4.48. The number of ether oxygens (including phenoxy) is 2. The number of methoxy groups -OCH3 is 2. The fourth-order valence-corrected chi connectivity index (χ4v) is 2.07. The predicted molar refractivity (Wildman–Crippen MR) is 73.8 cm³/mol. The van der Waals surface area contributed by atoms with E-state index in [4.69, 9.17) is 32.7 Å². The van der Waals surface area contributed by atoms with Crippen LogP contribution in [0.25, 0.3) is 11.1 Å². The molecule has 2 aromatic carbocycles. The number of benzene rings is 2. The van der Waals surface area contributed by atoms with Crippen LogP contribution < -0.4 is 9.47 Å². The maximum Gasteiger partial charge on any atom is 0.161 e. The van der Waals surface area contributed by atoms with Gasteiger partial charge in [-0.25, -0.2) is 0 Å². The van der Waals surface area contributed by atoms with Crippen molar-refractivity contribution in [2.45, 2.75) is 0 Å². The summed E-state index contributed by atoms with van der Waals surface area (Å²) >= 11 is 12.1. The molecule has 0 heterocycles. The van der Waals surface area contributed by atoms with Gasteiger partial charge in [-0.1, -0.05) is 41.4 Å². The van der Waals surface area contributed by atoms with Crippen LogP contribution in [0.5, 0.6) is 11.5 Å². The third kappa shape index (κ3) is 2.40. The zero-order valence-corrected chi connectivity index (χ0v) is 11.5. The fourth-order valence-electron chi connectivity index (χ4n) is 1.68. The minimum Gasteiger partial charge on any atom is -0.493 e. The average Bonchev–Trinajstić information content (AvgIpc) is 2.41. The summed E-state index contributed by atoms with van der Waals surface area (Å²) in [7, 11) is 3.19. The van der Waals surface area contributed by atoms with Crippen molar-refractivity contribution < 1.29 is 9.47 Å². The number of halogens is 2. The molecular formula is C14H11Cl2O2. The molecule has 0 aliphatic rings. The lowest BCUT2D eigenvalue weighted by Crippen LogP contribution is -1.91. The summed E-state index contributed by atoms with van der Waals surface area (Å²) in [6.07, 6.45) is 0. The highest BCUT2D eigenvalue weighted by Gasteiger charge is 2.10. The van der Waals surface area contributed by atoms with E-state index in [0.717, 1.165) is 11.1 Å². The van der Waals surface area contributed by atoms with Crippen molar-refractivity contribution in [2.75, 3.05) is 14.2 Å². The van der Waals surface area contributed by atoms with Crippen molar-refractivity contribution in [3.8, 4) is 22.6 Å². The lowest BCUT2D eigenvalue weighted by atomic mass is 10.1. The Hall–Kier alpha value is -1.38. The standard InChI is InChI=1S/C14H11Cl2O2/c1-17-12-7-6-9(8-13(12)18-2)10-4-3-5-11(15)14(10)16/h3-4,6-8H,1-2H3. The molecule has 18 heavy (non-hydrogen) atoms. The summed E-state index contributed by atoms with van der Waals surface area (Å²) in [6, 6.07) is 12.0. The van der Waals surface area contributed by atoms with Crippen LogP contribution in [0, 0.1) is 6.07 Å². The van der Waals surface area contributed by atoms with Crippen LogP contribution in [0.15, 0.2) is 30.3 Å². The lowest BCUT2D eigenvalue weighted by Gasteiger charge is -2.11. The van der Waals surface area contributed by atoms with Crippen LogP contribution in [0.2, 0.25) is 10.0 Å². The molecule has 0 aliphatic carbocycles. The summed E-state index contributed by atoms with van der Waals surface area (Å²) in [4.78, 5) is 0. The van der Waals surface area contributed by atoms with E-state index >= 15 is 0 Å². The second-order valence-electron chi connectivity index (χ2n) is 3.59. The molecule has 0 amide bonds. The SMILES string of the molecule is COc1ccc(-c2cc[c]c(Cl)c2Cl)cc1OC. The van der Waals surface area contributed by atoms with Gasteiger partial charge in [0.05, 0.1) is 24.3 Å². The van der Waals surface area contributed by atoms with Gasteiger partial charge in [0, 0.05) is 11.6 Å². The minimum atomic E-state index is 0.406. The second-order valence-corrected chi connectivity index (χ2v) is 4.35. The summed E-state index contributed by atoms with van der Waals surface area (Å²) < 4.78 is 10.5. The second kappa shape index (κ2) is 5.51. The van der Waals surface area contributed by atoms with E-state index in [9.17, 15) is 0 Å². The maximum absolute atomic E-state index is 6.16. The Bertz CT molecular complexity index is 568. The molecule has 0 aromatic heterocycles. The largest absolute Gasteiger partial charge is 0.493 e. The third-order valence-corrected chi connectivity index (χ3v) is 3.37. The normalized spacial score (nSPS) is 10.2. The van der Waals surface area contributed by atoms with Crippen LogP contribution in [0.1, 0.15) is 0 Å². The van der Waals surface area contributed by atoms with E-state index in [0.29, 0.717) is 21.5 Å². The molecule has 0 unspecified atom stereocenters. The zero-order chi connectivity index (χ0) is 13.1. The molecule has 93 valence electrons. The molecule has 1 radical (unpaired) electrons. The Kier molecular flexibility index (Phi) is 4.00. The molecule has 0 saturated carbocycles. The molecular weight excluding hydrogens is 271 g/mol. The molecule has 0 bridgehead atoms. The third-order valence-electron chi connectivity index (χ3n) is 2.58. The molecule has 0 atom stereocenters. The van der Waals surface area contributed by atoms with Gasteiger partial charge in [0.1, 0.15) is 0 Å². The Morgan fingerprint density at radius 3 is 2.39 bits per heavy atom. The maximum atomic E-state index is 6.16. The quantitative estimate of drug-likeness (QED) is 0.826. The van der Waals surface area contributed by atoms with Crippen LogP contribution in [0.3, 0.4) is 0 Å². The van der Waals surface area contributed by atoms with Gasteiger partial charge >= 0.3 is 0 Å². The van der Waals surface area contributed by atoms with Crippen molar-refractivity contribution >= 4 is 23.2 Å². The van der Waals surface area contributed by atoms with E-state index in [1.165, 1.54) is 0 Å². The molecule has 4 heteroatoms. The first-order valence-electron chi connectivity index (χ1n) is 5.25. The van der Waals surface area contributed by atoms with Crippen molar-refractivity contribution in [3.05, 3.63) is 46.4 Å². The topological polar surface area (TPSA) is 18.5 Å². The molecule has 0 fully saturated rings. The molecule has 2 aromatic rings. The van der Waals surface area contributed by atoms with Gasteiger partial charge in [0.2, 0.25) is 0 Å². The van der Waals surface area contributed by atoms with Gasteiger partial charge < -0.3 is 9.47 Å². The molecule has 0 spiro atoms. The van der Waals surface area contributed by atoms with Gasteiger partial charge in [-0.05, 0) is 17.7 Å². The zero-order valence-electron chi connectivity index (χ0n) is 9.96. The van der Waals surface area contributed by atoms with Crippen LogP contribution in [0.4, 0.5) is 0 Å². The number of hydrogen-bond donors (Lipinski definition) is 0. The Labute approximate surface area is 116 Å². The number of rotatable bonds is 3. The van der Waals surface area contributed by atoms with Crippen LogP contribution >= 0.6 is 23.2 Å². The highest BCUT2D eigenvalue weighted by atomic mass is 35.5. The van der Waals surface area contributed by atoms with E-state index in [1.54, 1.807) is 20.3 Å². The van der Waals surface area contributed by atoms with Crippen molar-refractivity contribution in [1.29, 1.82) is 0 Å². The smallest absolute Gasteiger partial charge is 0.161 e. The molecule has 2 rings (SSSR count). The first kappa shape index (κ1) is 13.1. The van der Waals surface area contributed by atoms with E-state index in [2.05, 4.69) is 6.07 Å². The van der Waals surface area contributed by atoms with E-state index in [1.807, 2.05) is 24.3 Å². The Morgan fingerprint density at radius 1 is 1.00 bits per heavy atom. The van der Waals surface area contributed by atoms with Crippen LogP contribution in [-0.4, -0.2) is 14.2 Å². The Balaban J connectivity index is 2.54. The minimum absolute atomic E-state index is 0.406. The lowest BCUT2D eigenvalue weighted by molar-refractivity contribution is 0.355. The fraction of sp³-hybridized carbons (Fsp3) is 0.143. The van der Waals surface area contributed by atoms with Gasteiger partial charge in [0.25, 0.3) is 0 Å². The van der Waals surface area contributed by atoms with Crippen molar-refractivity contribution in [3.63, 3.8) is 0 Å². The summed E-state index contributed by atoms with van der Waals surface area (Å²) in [5, 5.41) is 0.885. The first-order chi connectivity index (χ1) is 8.67. The van der Waals surface area contributed by atoms with Crippen LogP contribution in [-0.2, 0) is 0 Å². The van der Waals surface area contributed by atoms with Crippen molar-refractivity contribution in [2.24, 2.45) is 0 Å². The molecule has 2 nitrogen and oxygen atoms in total. The van der Waals surface area contributed by atoms with Gasteiger partial charge in [-0.2, -0.15) is 0 Å². The Morgan fingerprint density at radius 2 is 1.72 bits per heavy atom. The summed E-state index contributed by atoms with van der Waals surface area (Å²) in [6.45, 7) is 0. The summed E-state index contributed by atoms with van der Waals surface area (Å²) in [5.74, 6) is 1.32. The monoisotopic (exact) mass is 281 g/mol. The van der Waals surface area contributed by atoms with E-state index < -0.39 is 0 Å². The number of hydrogen-bond acceptors (Lipinski definition) is 2. The molecule has 0 saturated heterocycles. The molecule has 0 N–H and O–H groups in total. The van der Waals surface area contributed by atoms with Gasteiger partial charge in [0.15, 0.2) is 11.5 Å². The molecule has 0 aliphatic heterocycles. The highest BCUT2D eigenvalue weighted by molar-refractivity contribution is 6.43. The average molecular weight is 282 g/mol.